The number of hydrazine groups is 1. The van der Waals surface area contributed by atoms with Gasteiger partial charge in [0.25, 0.3) is 0 Å². The summed E-state index contributed by atoms with van der Waals surface area (Å²) in [7, 11) is 0. The van der Waals surface area contributed by atoms with Gasteiger partial charge in [0.2, 0.25) is 0 Å². The Balaban J connectivity index is 2.26. The standard InChI is InChI=1S/C10H14N2O/c11-12-7-10-9-4-2-1-3-8(9)5-6-13-10/h1-4,10,12H,5-7,11H2. The van der Waals surface area contributed by atoms with Crippen molar-refractivity contribution in [1.82, 2.24) is 5.43 Å². The fraction of sp³-hybridized carbons (Fsp3) is 0.400. The zero-order chi connectivity index (χ0) is 9.10. The first-order valence-corrected chi connectivity index (χ1v) is 4.54. The third-order valence-electron chi connectivity index (χ3n) is 2.40. The van der Waals surface area contributed by atoms with E-state index in [-0.39, 0.29) is 6.10 Å². The summed E-state index contributed by atoms with van der Waals surface area (Å²) in [5.74, 6) is 5.29. The third-order valence-corrected chi connectivity index (χ3v) is 2.40. The molecule has 1 aromatic rings. The lowest BCUT2D eigenvalue weighted by Gasteiger charge is -2.25. The van der Waals surface area contributed by atoms with Gasteiger partial charge in [0.1, 0.15) is 0 Å². The third kappa shape index (κ3) is 1.72. The summed E-state index contributed by atoms with van der Waals surface area (Å²) in [6, 6.07) is 8.37. The fourth-order valence-corrected chi connectivity index (χ4v) is 1.75. The van der Waals surface area contributed by atoms with E-state index in [9.17, 15) is 0 Å². The molecule has 0 fully saturated rings. The monoisotopic (exact) mass is 178 g/mol. The van der Waals surface area contributed by atoms with Crippen LogP contribution in [0.1, 0.15) is 17.2 Å². The Morgan fingerprint density at radius 2 is 2.31 bits per heavy atom. The van der Waals surface area contributed by atoms with Gasteiger partial charge in [-0.05, 0) is 17.5 Å². The van der Waals surface area contributed by atoms with Crippen molar-refractivity contribution in [2.75, 3.05) is 13.2 Å². The summed E-state index contributed by atoms with van der Waals surface area (Å²) in [6.07, 6.45) is 1.13. The second-order valence-corrected chi connectivity index (χ2v) is 3.22. The summed E-state index contributed by atoms with van der Waals surface area (Å²) in [6.45, 7) is 1.47. The Morgan fingerprint density at radius 1 is 1.46 bits per heavy atom. The highest BCUT2D eigenvalue weighted by Crippen LogP contribution is 2.25. The summed E-state index contributed by atoms with van der Waals surface area (Å²) >= 11 is 0. The van der Waals surface area contributed by atoms with Gasteiger partial charge in [-0.1, -0.05) is 24.3 Å². The van der Waals surface area contributed by atoms with Crippen LogP contribution in [0.4, 0.5) is 0 Å². The molecule has 13 heavy (non-hydrogen) atoms. The van der Waals surface area contributed by atoms with Crippen molar-refractivity contribution in [2.45, 2.75) is 12.5 Å². The van der Waals surface area contributed by atoms with Crippen molar-refractivity contribution in [3.8, 4) is 0 Å². The van der Waals surface area contributed by atoms with Gasteiger partial charge in [-0.25, -0.2) is 0 Å². The minimum atomic E-state index is 0.120. The highest BCUT2D eigenvalue weighted by Gasteiger charge is 2.18. The van der Waals surface area contributed by atoms with Crippen LogP contribution in [0, 0.1) is 0 Å². The van der Waals surface area contributed by atoms with Crippen LogP contribution in [0.5, 0.6) is 0 Å². The Hall–Kier alpha value is -0.900. The Labute approximate surface area is 77.9 Å². The first kappa shape index (κ1) is 8.69. The summed E-state index contributed by atoms with van der Waals surface area (Å²) in [4.78, 5) is 0. The second kappa shape index (κ2) is 3.87. The first-order valence-electron chi connectivity index (χ1n) is 4.54. The summed E-state index contributed by atoms with van der Waals surface area (Å²) in [5.41, 5.74) is 5.31. The molecule has 0 saturated carbocycles. The molecule has 1 aliphatic heterocycles. The van der Waals surface area contributed by atoms with Gasteiger partial charge in [-0.15, -0.1) is 0 Å². The zero-order valence-electron chi connectivity index (χ0n) is 7.49. The number of hydrogen-bond donors (Lipinski definition) is 2. The predicted octanol–water partition coefficient (Wildman–Crippen LogP) is 0.764. The van der Waals surface area contributed by atoms with Gasteiger partial charge in [-0.3, -0.25) is 11.3 Å². The van der Waals surface area contributed by atoms with Crippen LogP contribution in [0.25, 0.3) is 0 Å². The lowest BCUT2D eigenvalue weighted by Crippen LogP contribution is -2.31. The average Bonchev–Trinajstić information content (AvgIpc) is 2.19. The van der Waals surface area contributed by atoms with Gasteiger partial charge in [-0.2, -0.15) is 0 Å². The molecule has 2 rings (SSSR count). The minimum absolute atomic E-state index is 0.120. The molecule has 70 valence electrons. The Kier molecular flexibility index (Phi) is 2.59. The summed E-state index contributed by atoms with van der Waals surface area (Å²) < 4.78 is 5.60. The van der Waals surface area contributed by atoms with Crippen molar-refractivity contribution >= 4 is 0 Å². The fourth-order valence-electron chi connectivity index (χ4n) is 1.75. The number of ether oxygens (including phenoxy) is 1. The Bertz CT molecular complexity index is 288. The van der Waals surface area contributed by atoms with Gasteiger partial charge in [0.05, 0.1) is 12.7 Å². The molecule has 1 aromatic carbocycles. The van der Waals surface area contributed by atoms with Crippen LogP contribution < -0.4 is 11.3 Å². The van der Waals surface area contributed by atoms with E-state index in [0.717, 1.165) is 13.0 Å². The highest BCUT2D eigenvalue weighted by molar-refractivity contribution is 5.31. The average molecular weight is 178 g/mol. The van der Waals surface area contributed by atoms with Gasteiger partial charge < -0.3 is 4.74 Å². The Morgan fingerprint density at radius 3 is 3.15 bits per heavy atom. The van der Waals surface area contributed by atoms with E-state index in [4.69, 9.17) is 10.6 Å². The predicted molar refractivity (Wildman–Crippen MR) is 51.0 cm³/mol. The van der Waals surface area contributed by atoms with E-state index in [1.165, 1.54) is 11.1 Å². The highest BCUT2D eigenvalue weighted by atomic mass is 16.5. The van der Waals surface area contributed by atoms with E-state index in [2.05, 4.69) is 23.6 Å². The normalized spacial score (nSPS) is 21.2. The number of hydrogen-bond acceptors (Lipinski definition) is 3. The van der Waals surface area contributed by atoms with Crippen molar-refractivity contribution in [3.63, 3.8) is 0 Å². The van der Waals surface area contributed by atoms with Crippen molar-refractivity contribution in [2.24, 2.45) is 5.84 Å². The van der Waals surface area contributed by atoms with Crippen molar-refractivity contribution in [1.29, 1.82) is 0 Å². The van der Waals surface area contributed by atoms with Crippen molar-refractivity contribution < 1.29 is 4.74 Å². The van der Waals surface area contributed by atoms with Gasteiger partial charge in [0, 0.05) is 6.54 Å². The lowest BCUT2D eigenvalue weighted by molar-refractivity contribution is 0.0427. The van der Waals surface area contributed by atoms with Crippen LogP contribution in [0.3, 0.4) is 0 Å². The van der Waals surface area contributed by atoms with E-state index < -0.39 is 0 Å². The molecule has 0 saturated heterocycles. The zero-order valence-corrected chi connectivity index (χ0v) is 7.49. The maximum atomic E-state index is 5.60. The molecule has 3 N–H and O–H groups in total. The molecule has 0 amide bonds. The molecule has 3 heteroatoms. The van der Waals surface area contributed by atoms with Crippen LogP contribution in [-0.4, -0.2) is 13.2 Å². The molecule has 1 atom stereocenters. The lowest BCUT2D eigenvalue weighted by atomic mass is 9.98. The molecule has 3 nitrogen and oxygen atoms in total. The number of nitrogens with one attached hydrogen (secondary N) is 1. The van der Waals surface area contributed by atoms with Gasteiger partial charge in [0.15, 0.2) is 0 Å². The topological polar surface area (TPSA) is 47.3 Å². The van der Waals surface area contributed by atoms with E-state index in [1.54, 1.807) is 0 Å². The molecule has 1 aliphatic rings. The van der Waals surface area contributed by atoms with Crippen molar-refractivity contribution in [3.05, 3.63) is 35.4 Å². The molecule has 0 spiro atoms. The number of benzene rings is 1. The molecule has 0 radical (unpaired) electrons. The van der Waals surface area contributed by atoms with Crippen LogP contribution in [0.15, 0.2) is 24.3 Å². The van der Waals surface area contributed by atoms with E-state index >= 15 is 0 Å². The second-order valence-electron chi connectivity index (χ2n) is 3.22. The number of fused-ring (bicyclic) bond motifs is 1. The molecule has 0 bridgehead atoms. The molecular formula is C10H14N2O. The molecular weight excluding hydrogens is 164 g/mol. The van der Waals surface area contributed by atoms with Gasteiger partial charge >= 0.3 is 0 Å². The van der Waals surface area contributed by atoms with Crippen LogP contribution in [-0.2, 0) is 11.2 Å². The van der Waals surface area contributed by atoms with Crippen LogP contribution >= 0.6 is 0 Å². The molecule has 1 heterocycles. The maximum Gasteiger partial charge on any atom is 0.0965 e. The molecule has 1 unspecified atom stereocenters. The number of rotatable bonds is 2. The minimum Gasteiger partial charge on any atom is -0.372 e. The number of nitrogens with two attached hydrogens (primary N) is 1. The smallest absolute Gasteiger partial charge is 0.0965 e. The van der Waals surface area contributed by atoms with E-state index in [1.807, 2.05) is 6.07 Å². The quantitative estimate of drug-likeness (QED) is 0.519. The largest absolute Gasteiger partial charge is 0.372 e. The molecule has 0 aromatic heterocycles. The summed E-state index contributed by atoms with van der Waals surface area (Å²) in [5, 5.41) is 0. The van der Waals surface area contributed by atoms with E-state index in [0.29, 0.717) is 6.54 Å². The first-order chi connectivity index (χ1) is 6.42. The maximum absolute atomic E-state index is 5.60. The molecule has 0 aliphatic carbocycles. The van der Waals surface area contributed by atoms with Crippen LogP contribution in [0.2, 0.25) is 0 Å². The SMILES string of the molecule is NNCC1OCCc2ccccc21.